The van der Waals surface area contributed by atoms with Gasteiger partial charge in [0.2, 0.25) is 0 Å². The van der Waals surface area contributed by atoms with Gasteiger partial charge in [-0.25, -0.2) is 4.79 Å². The predicted molar refractivity (Wildman–Crippen MR) is 136 cm³/mol. The molecule has 0 bridgehead atoms. The first-order valence-electron chi connectivity index (χ1n) is 11.9. The lowest BCUT2D eigenvalue weighted by atomic mass is 9.77. The Morgan fingerprint density at radius 3 is 2.49 bits per heavy atom. The Morgan fingerprint density at radius 1 is 1.20 bits per heavy atom. The molecule has 1 saturated carbocycles. The van der Waals surface area contributed by atoms with Crippen molar-refractivity contribution in [2.75, 3.05) is 26.8 Å². The minimum Gasteiger partial charge on any atom is -0.465 e. The number of esters is 2. The fourth-order valence-electron chi connectivity index (χ4n) is 4.44. The molecule has 3 rings (SSSR count). The number of rotatable bonds is 5. The third kappa shape index (κ3) is 7.04. The molecule has 0 saturated heterocycles. The number of methoxy groups -OCH3 is 1. The van der Waals surface area contributed by atoms with Crippen molar-refractivity contribution in [3.8, 4) is 11.8 Å². The van der Waals surface area contributed by atoms with Gasteiger partial charge in [-0.15, -0.1) is 11.3 Å². The van der Waals surface area contributed by atoms with Gasteiger partial charge in [0.15, 0.2) is 6.61 Å². The molecule has 0 aromatic carbocycles. The van der Waals surface area contributed by atoms with E-state index in [9.17, 15) is 14.4 Å². The maximum atomic E-state index is 12.8. The van der Waals surface area contributed by atoms with E-state index in [0.29, 0.717) is 30.3 Å². The van der Waals surface area contributed by atoms with Crippen molar-refractivity contribution in [1.82, 2.24) is 4.90 Å². The molecule has 1 aliphatic heterocycles. The van der Waals surface area contributed by atoms with Crippen molar-refractivity contribution in [1.29, 1.82) is 5.41 Å². The molecule has 8 heteroatoms. The van der Waals surface area contributed by atoms with E-state index in [2.05, 4.69) is 11.8 Å². The van der Waals surface area contributed by atoms with Crippen LogP contribution in [0, 0.1) is 28.6 Å². The van der Waals surface area contributed by atoms with Crippen molar-refractivity contribution in [3.05, 3.63) is 27.0 Å². The van der Waals surface area contributed by atoms with Crippen molar-refractivity contribution in [3.63, 3.8) is 0 Å². The van der Waals surface area contributed by atoms with E-state index < -0.39 is 11.9 Å². The molecule has 0 unspecified atom stereocenters. The number of carbonyl (C=O) groups is 3. The summed E-state index contributed by atoms with van der Waals surface area (Å²) >= 11 is 1.31. The fraction of sp³-hybridized carbons (Fsp3) is 0.556. The summed E-state index contributed by atoms with van der Waals surface area (Å²) in [6.07, 6.45) is 4.01. The topological polar surface area (TPSA) is 96.8 Å². The second kappa shape index (κ2) is 11.2. The van der Waals surface area contributed by atoms with E-state index in [1.165, 1.54) is 30.9 Å². The monoisotopic (exact) mass is 498 g/mol. The molecule has 2 heterocycles. The predicted octanol–water partition coefficient (Wildman–Crippen LogP) is 4.69. The zero-order valence-corrected chi connectivity index (χ0v) is 22.0. The Balaban J connectivity index is 2.06. The standard InChI is InChI=1S/C27H34N2O5S/c1-17(30)34-16-24(31)29-13-11-21(18-6-8-19(28)9-7-18)23(15-29)22-14-20(10-12-27(2,3)4)35-25(22)26(32)33-5/h14,18,28H,6-9,11,13,15-16H2,1-5H3. The Morgan fingerprint density at radius 2 is 1.89 bits per heavy atom. The van der Waals surface area contributed by atoms with Crippen molar-refractivity contribution in [2.24, 2.45) is 11.3 Å². The van der Waals surface area contributed by atoms with Gasteiger partial charge in [-0.3, -0.25) is 9.59 Å². The summed E-state index contributed by atoms with van der Waals surface area (Å²) in [6, 6.07) is 1.94. The smallest absolute Gasteiger partial charge is 0.348 e. The highest BCUT2D eigenvalue weighted by Crippen LogP contribution is 2.40. The summed E-state index contributed by atoms with van der Waals surface area (Å²) in [4.78, 5) is 39.7. The maximum Gasteiger partial charge on any atom is 0.348 e. The van der Waals surface area contributed by atoms with Crippen LogP contribution in [0.25, 0.3) is 5.57 Å². The summed E-state index contributed by atoms with van der Waals surface area (Å²) in [5.41, 5.74) is 3.56. The van der Waals surface area contributed by atoms with Crippen LogP contribution in [0.15, 0.2) is 11.6 Å². The summed E-state index contributed by atoms with van der Waals surface area (Å²) in [6.45, 7) is 7.94. The highest BCUT2D eigenvalue weighted by Gasteiger charge is 2.32. The Labute approximate surface area is 211 Å². The first-order valence-corrected chi connectivity index (χ1v) is 12.7. The molecule has 1 fully saturated rings. The van der Waals surface area contributed by atoms with Crippen LogP contribution in [0.2, 0.25) is 0 Å². The van der Waals surface area contributed by atoms with Crippen molar-refractivity contribution >= 4 is 40.5 Å². The molecule has 1 amide bonds. The van der Waals surface area contributed by atoms with E-state index in [4.69, 9.17) is 14.9 Å². The molecule has 0 spiro atoms. The number of hydrogen-bond donors (Lipinski definition) is 1. The Hall–Kier alpha value is -2.92. The molecule has 35 heavy (non-hydrogen) atoms. The fourth-order valence-corrected chi connectivity index (χ4v) is 5.40. The van der Waals surface area contributed by atoms with E-state index in [1.807, 2.05) is 26.8 Å². The minimum atomic E-state index is -0.496. The lowest BCUT2D eigenvalue weighted by Crippen LogP contribution is -2.40. The number of carbonyl (C=O) groups excluding carboxylic acids is 3. The molecule has 7 nitrogen and oxygen atoms in total. The maximum absolute atomic E-state index is 12.8. The average molecular weight is 499 g/mol. The number of nitrogens with one attached hydrogen (secondary N) is 1. The van der Waals surface area contributed by atoms with Gasteiger partial charge >= 0.3 is 11.9 Å². The Kier molecular flexibility index (Phi) is 8.55. The average Bonchev–Trinajstić information content (AvgIpc) is 3.25. The molecule has 1 aromatic heterocycles. The van der Waals surface area contributed by atoms with Gasteiger partial charge in [0.1, 0.15) is 4.88 Å². The molecule has 1 aromatic rings. The summed E-state index contributed by atoms with van der Waals surface area (Å²) in [5.74, 6) is 5.56. The van der Waals surface area contributed by atoms with Gasteiger partial charge in [0.25, 0.3) is 5.91 Å². The zero-order chi connectivity index (χ0) is 25.8. The van der Waals surface area contributed by atoms with Gasteiger partial charge in [0, 0.05) is 36.7 Å². The van der Waals surface area contributed by atoms with Crippen LogP contribution in [-0.4, -0.2) is 55.3 Å². The molecule has 2 aliphatic rings. The molecule has 1 aliphatic carbocycles. The van der Waals surface area contributed by atoms with E-state index in [1.54, 1.807) is 4.90 Å². The molecule has 0 atom stereocenters. The number of nitrogens with zero attached hydrogens (tertiary/aromatic N) is 1. The van der Waals surface area contributed by atoms with Crippen LogP contribution in [0.4, 0.5) is 0 Å². The van der Waals surface area contributed by atoms with Crippen molar-refractivity contribution in [2.45, 2.75) is 59.8 Å². The Bertz CT molecular complexity index is 1100. The lowest BCUT2D eigenvalue weighted by Gasteiger charge is -2.35. The van der Waals surface area contributed by atoms with Gasteiger partial charge < -0.3 is 19.8 Å². The molecule has 0 radical (unpaired) electrons. The quantitative estimate of drug-likeness (QED) is 0.469. The summed E-state index contributed by atoms with van der Waals surface area (Å²) in [7, 11) is 1.37. The SMILES string of the molecule is COC(=O)c1sc(C#CC(C)(C)C)cc1C1=C(C2CCC(=N)CC2)CCN(C(=O)COC(C)=O)C1. The highest BCUT2D eigenvalue weighted by molar-refractivity contribution is 7.14. The van der Waals surface area contributed by atoms with Crippen molar-refractivity contribution < 1.29 is 23.9 Å². The van der Waals surface area contributed by atoms with Gasteiger partial charge in [-0.2, -0.15) is 0 Å². The second-order valence-corrected chi connectivity index (χ2v) is 11.1. The van der Waals surface area contributed by atoms with Crippen LogP contribution in [-0.2, 0) is 19.1 Å². The van der Waals surface area contributed by atoms with Gasteiger partial charge in [-0.1, -0.05) is 17.4 Å². The van der Waals surface area contributed by atoms with Crippen LogP contribution in [0.3, 0.4) is 0 Å². The number of hydrogen-bond acceptors (Lipinski definition) is 7. The third-order valence-corrected chi connectivity index (χ3v) is 7.24. The van der Waals surface area contributed by atoms with Crippen LogP contribution >= 0.6 is 11.3 Å². The molecular weight excluding hydrogens is 464 g/mol. The summed E-state index contributed by atoms with van der Waals surface area (Å²) in [5, 5.41) is 8.01. The largest absolute Gasteiger partial charge is 0.465 e. The first-order chi connectivity index (χ1) is 16.5. The molecular formula is C27H34N2O5S. The van der Waals surface area contributed by atoms with Gasteiger partial charge in [0.05, 0.1) is 12.0 Å². The van der Waals surface area contributed by atoms with Crippen LogP contribution in [0.1, 0.15) is 79.9 Å². The number of amides is 1. The van der Waals surface area contributed by atoms with E-state index >= 15 is 0 Å². The summed E-state index contributed by atoms with van der Waals surface area (Å²) < 4.78 is 10.0. The second-order valence-electron chi connectivity index (χ2n) is 10.1. The van der Waals surface area contributed by atoms with E-state index in [0.717, 1.165) is 47.4 Å². The minimum absolute atomic E-state index is 0.183. The van der Waals surface area contributed by atoms with E-state index in [-0.39, 0.29) is 17.9 Å². The van der Waals surface area contributed by atoms with Crippen LogP contribution < -0.4 is 0 Å². The van der Waals surface area contributed by atoms with Crippen LogP contribution in [0.5, 0.6) is 0 Å². The zero-order valence-electron chi connectivity index (χ0n) is 21.2. The third-order valence-electron chi connectivity index (χ3n) is 6.21. The highest BCUT2D eigenvalue weighted by atomic mass is 32.1. The molecule has 1 N–H and O–H groups in total. The number of ether oxygens (including phenoxy) is 2. The van der Waals surface area contributed by atoms with Gasteiger partial charge in [-0.05, 0) is 70.4 Å². The number of thiophene rings is 1. The lowest BCUT2D eigenvalue weighted by molar-refractivity contribution is -0.150. The normalized spacial score (nSPS) is 18.6. The first kappa shape index (κ1) is 26.7. The molecule has 188 valence electrons.